The van der Waals surface area contributed by atoms with E-state index >= 15 is 0 Å². The van der Waals surface area contributed by atoms with Crippen molar-refractivity contribution in [3.05, 3.63) is 71.1 Å². The number of hydrogen-bond acceptors (Lipinski definition) is 7. The standard InChI is InChI=1S/C23H21FN6O2S2/c1-14-21(15-6-4-3-5-7-15)27-22(34-14)26-20(32)13-33-23-29-28-18(30(23)2)12-19(31)25-17-10-8-16(24)9-11-17/h3-11H,12-13H2,1-2H3,(H,25,31)(H,26,27,32). The number of carbonyl (C=O) groups excluding carboxylic acids is 2. The molecule has 8 nitrogen and oxygen atoms in total. The average molecular weight is 497 g/mol. The topological polar surface area (TPSA) is 102 Å². The summed E-state index contributed by atoms with van der Waals surface area (Å²) in [4.78, 5) is 30.3. The Balaban J connectivity index is 1.31. The number of aryl methyl sites for hydroxylation is 1. The highest BCUT2D eigenvalue weighted by Crippen LogP contribution is 2.30. The van der Waals surface area contributed by atoms with Gasteiger partial charge in [-0.25, -0.2) is 9.37 Å². The second-order valence-electron chi connectivity index (χ2n) is 7.32. The molecule has 2 aromatic heterocycles. The summed E-state index contributed by atoms with van der Waals surface area (Å²) in [5.74, 6) is -0.321. The number of benzene rings is 2. The van der Waals surface area contributed by atoms with Crippen LogP contribution >= 0.6 is 23.1 Å². The molecule has 0 radical (unpaired) electrons. The van der Waals surface area contributed by atoms with Crippen LogP contribution in [-0.2, 0) is 23.1 Å². The fourth-order valence-electron chi connectivity index (χ4n) is 3.11. The van der Waals surface area contributed by atoms with E-state index in [0.717, 1.165) is 16.1 Å². The molecule has 4 rings (SSSR count). The summed E-state index contributed by atoms with van der Waals surface area (Å²) in [6, 6.07) is 15.3. The van der Waals surface area contributed by atoms with Gasteiger partial charge in [-0.05, 0) is 31.2 Å². The highest BCUT2D eigenvalue weighted by atomic mass is 32.2. The third kappa shape index (κ3) is 5.86. The molecule has 2 N–H and O–H groups in total. The van der Waals surface area contributed by atoms with Crippen molar-refractivity contribution >= 4 is 45.7 Å². The molecular formula is C23H21FN6O2S2. The van der Waals surface area contributed by atoms with E-state index in [9.17, 15) is 14.0 Å². The molecule has 11 heteroatoms. The van der Waals surface area contributed by atoms with Crippen LogP contribution in [0.2, 0.25) is 0 Å². The Morgan fingerprint density at radius 3 is 2.50 bits per heavy atom. The van der Waals surface area contributed by atoms with Crippen LogP contribution in [0.4, 0.5) is 15.2 Å². The van der Waals surface area contributed by atoms with E-state index in [0.29, 0.717) is 21.8 Å². The fraction of sp³-hybridized carbons (Fsp3) is 0.174. The summed E-state index contributed by atoms with van der Waals surface area (Å²) in [6.07, 6.45) is -0.00567. The fourth-order valence-corrected chi connectivity index (χ4v) is 4.69. The van der Waals surface area contributed by atoms with Crippen LogP contribution in [0.15, 0.2) is 59.8 Å². The van der Waals surface area contributed by atoms with Crippen LogP contribution in [0.3, 0.4) is 0 Å². The van der Waals surface area contributed by atoms with Gasteiger partial charge < -0.3 is 15.2 Å². The van der Waals surface area contributed by atoms with Crippen LogP contribution in [0.1, 0.15) is 10.7 Å². The zero-order chi connectivity index (χ0) is 24.1. The van der Waals surface area contributed by atoms with Gasteiger partial charge in [-0.2, -0.15) is 0 Å². The molecule has 0 saturated heterocycles. The molecule has 174 valence electrons. The van der Waals surface area contributed by atoms with Gasteiger partial charge in [0.15, 0.2) is 10.3 Å². The molecule has 2 heterocycles. The number of thioether (sulfide) groups is 1. The first kappa shape index (κ1) is 23.6. The molecule has 0 aliphatic carbocycles. The normalized spacial score (nSPS) is 10.8. The number of nitrogens with one attached hydrogen (secondary N) is 2. The van der Waals surface area contributed by atoms with Gasteiger partial charge in [-0.3, -0.25) is 9.59 Å². The summed E-state index contributed by atoms with van der Waals surface area (Å²) in [7, 11) is 1.73. The number of carbonyl (C=O) groups is 2. The summed E-state index contributed by atoms with van der Waals surface area (Å²) in [6.45, 7) is 1.97. The van der Waals surface area contributed by atoms with Gasteiger partial charge in [-0.15, -0.1) is 21.5 Å². The molecule has 2 aromatic carbocycles. The van der Waals surface area contributed by atoms with Crippen LogP contribution in [0.25, 0.3) is 11.3 Å². The lowest BCUT2D eigenvalue weighted by Crippen LogP contribution is -2.17. The summed E-state index contributed by atoms with van der Waals surface area (Å²) >= 11 is 2.64. The molecule has 0 aliphatic heterocycles. The highest BCUT2D eigenvalue weighted by Gasteiger charge is 2.16. The van der Waals surface area contributed by atoms with Crippen molar-refractivity contribution in [1.29, 1.82) is 0 Å². The number of hydrogen-bond donors (Lipinski definition) is 2. The maximum Gasteiger partial charge on any atom is 0.236 e. The zero-order valence-corrected chi connectivity index (χ0v) is 20.0. The number of rotatable bonds is 8. The summed E-state index contributed by atoms with van der Waals surface area (Å²) in [5, 5.41) is 14.7. The Morgan fingerprint density at radius 1 is 1.03 bits per heavy atom. The van der Waals surface area contributed by atoms with Gasteiger partial charge in [0.05, 0.1) is 17.9 Å². The van der Waals surface area contributed by atoms with Crippen molar-refractivity contribution in [1.82, 2.24) is 19.7 Å². The minimum absolute atomic E-state index is 0.00567. The average Bonchev–Trinajstić information content (AvgIpc) is 3.36. The van der Waals surface area contributed by atoms with E-state index in [4.69, 9.17) is 0 Å². The number of aromatic nitrogens is 4. The Hall–Kier alpha value is -3.57. The Bertz CT molecular complexity index is 1310. The Kier molecular flexibility index (Phi) is 7.33. The molecule has 34 heavy (non-hydrogen) atoms. The van der Waals surface area contributed by atoms with Crippen molar-refractivity contribution < 1.29 is 14.0 Å². The second-order valence-corrected chi connectivity index (χ2v) is 9.46. The van der Waals surface area contributed by atoms with E-state index in [1.165, 1.54) is 47.4 Å². The number of anilines is 2. The van der Waals surface area contributed by atoms with Crippen molar-refractivity contribution in [2.75, 3.05) is 16.4 Å². The number of nitrogens with zero attached hydrogens (tertiary/aromatic N) is 4. The van der Waals surface area contributed by atoms with E-state index in [-0.39, 0.29) is 29.8 Å². The van der Waals surface area contributed by atoms with Gasteiger partial charge in [-0.1, -0.05) is 42.1 Å². The predicted molar refractivity (Wildman–Crippen MR) is 131 cm³/mol. The number of halogens is 1. The molecule has 0 bridgehead atoms. The SMILES string of the molecule is Cc1sc(NC(=O)CSc2nnc(CC(=O)Nc3ccc(F)cc3)n2C)nc1-c1ccccc1. The Morgan fingerprint density at radius 2 is 1.76 bits per heavy atom. The van der Waals surface area contributed by atoms with E-state index in [1.54, 1.807) is 11.6 Å². The maximum absolute atomic E-state index is 13.0. The molecule has 0 fully saturated rings. The van der Waals surface area contributed by atoms with Crippen molar-refractivity contribution in [3.63, 3.8) is 0 Å². The molecule has 0 saturated carbocycles. The van der Waals surface area contributed by atoms with Crippen LogP contribution in [-0.4, -0.2) is 37.3 Å². The first-order valence-electron chi connectivity index (χ1n) is 10.3. The maximum atomic E-state index is 13.0. The summed E-state index contributed by atoms with van der Waals surface area (Å²) in [5.41, 5.74) is 2.35. The van der Waals surface area contributed by atoms with Gasteiger partial charge in [0.25, 0.3) is 0 Å². The Labute approximate surface area is 203 Å². The van der Waals surface area contributed by atoms with E-state index in [1.807, 2.05) is 37.3 Å². The molecule has 0 spiro atoms. The van der Waals surface area contributed by atoms with Gasteiger partial charge in [0.1, 0.15) is 11.6 Å². The minimum atomic E-state index is -0.376. The van der Waals surface area contributed by atoms with E-state index < -0.39 is 0 Å². The summed E-state index contributed by atoms with van der Waals surface area (Å²) < 4.78 is 14.7. The molecule has 0 unspecified atom stereocenters. The highest BCUT2D eigenvalue weighted by molar-refractivity contribution is 7.99. The predicted octanol–water partition coefficient (Wildman–Crippen LogP) is 4.30. The lowest BCUT2D eigenvalue weighted by molar-refractivity contribution is -0.116. The van der Waals surface area contributed by atoms with Gasteiger partial charge >= 0.3 is 0 Å². The first-order valence-corrected chi connectivity index (χ1v) is 12.1. The van der Waals surface area contributed by atoms with Crippen molar-refractivity contribution in [2.24, 2.45) is 7.05 Å². The molecule has 0 atom stereocenters. The minimum Gasteiger partial charge on any atom is -0.326 e. The molecule has 4 aromatic rings. The van der Waals surface area contributed by atoms with Crippen molar-refractivity contribution in [3.8, 4) is 11.3 Å². The second kappa shape index (κ2) is 10.6. The monoisotopic (exact) mass is 496 g/mol. The molecule has 0 aliphatic rings. The largest absolute Gasteiger partial charge is 0.326 e. The van der Waals surface area contributed by atoms with E-state index in [2.05, 4.69) is 25.8 Å². The lowest BCUT2D eigenvalue weighted by atomic mass is 10.1. The van der Waals surface area contributed by atoms with Crippen LogP contribution in [0.5, 0.6) is 0 Å². The third-order valence-corrected chi connectivity index (χ3v) is 6.70. The molecule has 2 amide bonds. The number of thiazole rings is 1. The van der Waals surface area contributed by atoms with Gasteiger partial charge in [0, 0.05) is 23.2 Å². The zero-order valence-electron chi connectivity index (χ0n) is 18.4. The third-order valence-electron chi connectivity index (χ3n) is 4.79. The van der Waals surface area contributed by atoms with Crippen LogP contribution in [0, 0.1) is 12.7 Å². The smallest absolute Gasteiger partial charge is 0.236 e. The number of amides is 2. The lowest BCUT2D eigenvalue weighted by Gasteiger charge is -2.06. The van der Waals surface area contributed by atoms with Crippen LogP contribution < -0.4 is 10.6 Å². The van der Waals surface area contributed by atoms with Crippen molar-refractivity contribution in [2.45, 2.75) is 18.5 Å². The quantitative estimate of drug-likeness (QED) is 0.353. The molecular weight excluding hydrogens is 475 g/mol. The van der Waals surface area contributed by atoms with Gasteiger partial charge in [0.2, 0.25) is 11.8 Å². The first-order chi connectivity index (χ1) is 16.4.